The number of carbonyl (C=O) groups excluding carboxylic acids is 2. The van der Waals surface area contributed by atoms with E-state index in [0.29, 0.717) is 23.7 Å². The molecule has 1 aliphatic carbocycles. The molecule has 0 spiro atoms. The van der Waals surface area contributed by atoms with Crippen molar-refractivity contribution in [2.45, 2.75) is 25.3 Å². The first-order valence-electron chi connectivity index (χ1n) is 6.92. The van der Waals surface area contributed by atoms with Crippen LogP contribution in [0.2, 0.25) is 0 Å². The quantitative estimate of drug-likeness (QED) is 0.892. The van der Waals surface area contributed by atoms with E-state index in [9.17, 15) is 9.59 Å². The fraction of sp³-hybridized carbons (Fsp3) is 0.250. The summed E-state index contributed by atoms with van der Waals surface area (Å²) in [6.45, 7) is 0. The summed E-state index contributed by atoms with van der Waals surface area (Å²) in [7, 11) is 0. The van der Waals surface area contributed by atoms with Gasteiger partial charge in [0.2, 0.25) is 5.91 Å². The zero-order valence-corrected chi connectivity index (χ0v) is 12.3. The topological polar surface area (TPSA) is 58.2 Å². The van der Waals surface area contributed by atoms with Gasteiger partial charge in [0, 0.05) is 17.3 Å². The summed E-state index contributed by atoms with van der Waals surface area (Å²) in [4.78, 5) is 23.7. The van der Waals surface area contributed by atoms with Crippen molar-refractivity contribution in [1.29, 1.82) is 0 Å². The maximum atomic E-state index is 11.9. The lowest BCUT2D eigenvalue weighted by Gasteiger charge is -2.06. The normalized spacial score (nSPS) is 13.7. The van der Waals surface area contributed by atoms with Crippen LogP contribution in [-0.2, 0) is 11.2 Å². The number of thiophene rings is 1. The van der Waals surface area contributed by atoms with Gasteiger partial charge in [-0.05, 0) is 59.5 Å². The van der Waals surface area contributed by atoms with E-state index in [4.69, 9.17) is 0 Å². The minimum Gasteiger partial charge on any atom is -0.349 e. The second-order valence-corrected chi connectivity index (χ2v) is 5.96. The monoisotopic (exact) mass is 300 g/mol. The number of carbonyl (C=O) groups is 2. The van der Waals surface area contributed by atoms with Crippen LogP contribution in [0, 0.1) is 0 Å². The number of hydrogen-bond acceptors (Lipinski definition) is 3. The molecule has 108 valence electrons. The SMILES string of the molecule is O=C(Cc1ccsc1)Nc1ccc(C(=O)NC2CC2)cc1. The average molecular weight is 300 g/mol. The van der Waals surface area contributed by atoms with E-state index < -0.39 is 0 Å². The van der Waals surface area contributed by atoms with Gasteiger partial charge in [-0.1, -0.05) is 0 Å². The first kappa shape index (κ1) is 13.8. The van der Waals surface area contributed by atoms with Crippen molar-refractivity contribution in [1.82, 2.24) is 5.32 Å². The molecule has 1 aliphatic rings. The average Bonchev–Trinajstić information content (AvgIpc) is 3.13. The molecule has 1 heterocycles. The van der Waals surface area contributed by atoms with E-state index in [1.165, 1.54) is 0 Å². The predicted molar refractivity (Wildman–Crippen MR) is 83.6 cm³/mol. The number of rotatable bonds is 5. The van der Waals surface area contributed by atoms with Crippen molar-refractivity contribution in [2.24, 2.45) is 0 Å². The number of benzene rings is 1. The van der Waals surface area contributed by atoms with E-state index in [1.807, 2.05) is 16.8 Å². The lowest BCUT2D eigenvalue weighted by molar-refractivity contribution is -0.115. The lowest BCUT2D eigenvalue weighted by Crippen LogP contribution is -2.25. The van der Waals surface area contributed by atoms with Gasteiger partial charge in [-0.25, -0.2) is 0 Å². The fourth-order valence-electron chi connectivity index (χ4n) is 1.99. The molecule has 1 aromatic carbocycles. The van der Waals surface area contributed by atoms with Gasteiger partial charge in [0.25, 0.3) is 5.91 Å². The summed E-state index contributed by atoms with van der Waals surface area (Å²) in [5.74, 6) is -0.0998. The first-order chi connectivity index (χ1) is 10.2. The first-order valence-corrected chi connectivity index (χ1v) is 7.87. The molecule has 0 atom stereocenters. The molecule has 2 N–H and O–H groups in total. The molecule has 1 aromatic heterocycles. The smallest absolute Gasteiger partial charge is 0.251 e. The Kier molecular flexibility index (Phi) is 4.01. The summed E-state index contributed by atoms with van der Waals surface area (Å²) in [5, 5.41) is 9.69. The van der Waals surface area contributed by atoms with Crippen molar-refractivity contribution in [3.63, 3.8) is 0 Å². The summed E-state index contributed by atoms with van der Waals surface area (Å²) < 4.78 is 0. The molecular weight excluding hydrogens is 284 g/mol. The Labute approximate surface area is 127 Å². The summed E-state index contributed by atoms with van der Waals surface area (Å²) in [5.41, 5.74) is 2.34. The second kappa shape index (κ2) is 6.10. The maximum absolute atomic E-state index is 11.9. The van der Waals surface area contributed by atoms with Crippen LogP contribution >= 0.6 is 11.3 Å². The van der Waals surface area contributed by atoms with Crippen LogP contribution in [0.1, 0.15) is 28.8 Å². The number of hydrogen-bond donors (Lipinski definition) is 2. The zero-order valence-electron chi connectivity index (χ0n) is 11.5. The van der Waals surface area contributed by atoms with Gasteiger partial charge in [0.05, 0.1) is 6.42 Å². The van der Waals surface area contributed by atoms with Gasteiger partial charge in [-0.3, -0.25) is 9.59 Å². The molecule has 2 amide bonds. The third-order valence-corrected chi connectivity index (χ3v) is 4.02. The molecule has 0 aliphatic heterocycles. The van der Waals surface area contributed by atoms with E-state index in [-0.39, 0.29) is 11.8 Å². The molecule has 3 rings (SSSR count). The highest BCUT2D eigenvalue weighted by Gasteiger charge is 2.23. The van der Waals surface area contributed by atoms with Crippen molar-refractivity contribution >= 4 is 28.8 Å². The molecule has 0 unspecified atom stereocenters. The minimum atomic E-state index is -0.0522. The molecule has 2 aromatic rings. The Hall–Kier alpha value is -2.14. The zero-order chi connectivity index (χ0) is 14.7. The van der Waals surface area contributed by atoms with Crippen molar-refractivity contribution < 1.29 is 9.59 Å². The highest BCUT2D eigenvalue weighted by molar-refractivity contribution is 7.08. The van der Waals surface area contributed by atoms with Gasteiger partial charge >= 0.3 is 0 Å². The van der Waals surface area contributed by atoms with Gasteiger partial charge in [0.1, 0.15) is 0 Å². The third kappa shape index (κ3) is 3.92. The van der Waals surface area contributed by atoms with Crippen molar-refractivity contribution in [3.8, 4) is 0 Å². The molecular formula is C16H16N2O2S. The molecule has 1 saturated carbocycles. The van der Waals surface area contributed by atoms with Crippen LogP contribution in [0.25, 0.3) is 0 Å². The molecule has 5 heteroatoms. The Balaban J connectivity index is 1.56. The number of anilines is 1. The third-order valence-electron chi connectivity index (χ3n) is 3.29. The van der Waals surface area contributed by atoms with Crippen LogP contribution < -0.4 is 10.6 Å². The van der Waals surface area contributed by atoms with E-state index in [2.05, 4.69) is 10.6 Å². The van der Waals surface area contributed by atoms with Crippen molar-refractivity contribution in [3.05, 3.63) is 52.2 Å². The van der Waals surface area contributed by atoms with E-state index in [1.54, 1.807) is 35.6 Å². The van der Waals surface area contributed by atoms with Crippen LogP contribution in [-0.4, -0.2) is 17.9 Å². The molecule has 4 nitrogen and oxygen atoms in total. The Morgan fingerprint density at radius 1 is 1.14 bits per heavy atom. The largest absolute Gasteiger partial charge is 0.349 e. The summed E-state index contributed by atoms with van der Waals surface area (Å²) in [6, 6.07) is 9.27. The lowest BCUT2D eigenvalue weighted by atomic mass is 10.2. The van der Waals surface area contributed by atoms with Crippen LogP contribution in [0.5, 0.6) is 0 Å². The number of nitrogens with one attached hydrogen (secondary N) is 2. The van der Waals surface area contributed by atoms with Gasteiger partial charge in [-0.15, -0.1) is 0 Å². The molecule has 0 bridgehead atoms. The van der Waals surface area contributed by atoms with Crippen LogP contribution in [0.15, 0.2) is 41.1 Å². The summed E-state index contributed by atoms with van der Waals surface area (Å²) >= 11 is 1.58. The van der Waals surface area contributed by atoms with Gasteiger partial charge in [-0.2, -0.15) is 11.3 Å². The highest BCUT2D eigenvalue weighted by Crippen LogP contribution is 2.19. The fourth-order valence-corrected chi connectivity index (χ4v) is 2.65. The van der Waals surface area contributed by atoms with Crippen molar-refractivity contribution in [2.75, 3.05) is 5.32 Å². The predicted octanol–water partition coefficient (Wildman–Crippen LogP) is 2.82. The summed E-state index contributed by atoms with van der Waals surface area (Å²) in [6.07, 6.45) is 2.51. The van der Waals surface area contributed by atoms with Crippen LogP contribution in [0.3, 0.4) is 0 Å². The Morgan fingerprint density at radius 2 is 1.90 bits per heavy atom. The molecule has 0 saturated heterocycles. The van der Waals surface area contributed by atoms with E-state index in [0.717, 1.165) is 18.4 Å². The second-order valence-electron chi connectivity index (χ2n) is 5.18. The molecule has 0 radical (unpaired) electrons. The highest BCUT2D eigenvalue weighted by atomic mass is 32.1. The maximum Gasteiger partial charge on any atom is 0.251 e. The number of amides is 2. The van der Waals surface area contributed by atoms with Crippen LogP contribution in [0.4, 0.5) is 5.69 Å². The van der Waals surface area contributed by atoms with E-state index >= 15 is 0 Å². The molecule has 21 heavy (non-hydrogen) atoms. The minimum absolute atomic E-state index is 0.0475. The Bertz CT molecular complexity index is 631. The molecule has 1 fully saturated rings. The van der Waals surface area contributed by atoms with Gasteiger partial charge < -0.3 is 10.6 Å². The van der Waals surface area contributed by atoms with Gasteiger partial charge in [0.15, 0.2) is 0 Å². The Morgan fingerprint density at radius 3 is 2.52 bits per heavy atom. The standard InChI is InChI=1S/C16H16N2O2S/c19-15(9-11-7-8-21-10-11)17-13-3-1-12(2-4-13)16(20)18-14-5-6-14/h1-4,7-8,10,14H,5-6,9H2,(H,17,19)(H,18,20).